The molecule has 0 bridgehead atoms. The quantitative estimate of drug-likeness (QED) is 0.809. The zero-order valence-corrected chi connectivity index (χ0v) is 11.9. The van der Waals surface area contributed by atoms with E-state index < -0.39 is 22.8 Å². The number of aliphatic carboxylic acids is 2. The van der Waals surface area contributed by atoms with Gasteiger partial charge in [-0.2, -0.15) is 4.98 Å². The van der Waals surface area contributed by atoms with Crippen LogP contribution in [-0.4, -0.2) is 50.3 Å². The summed E-state index contributed by atoms with van der Waals surface area (Å²) in [6.45, 7) is 4.57. The Bertz CT molecular complexity index is 585. The van der Waals surface area contributed by atoms with Gasteiger partial charge in [0.15, 0.2) is 5.82 Å². The number of fused-ring (bicyclic) bond motifs is 1. The summed E-state index contributed by atoms with van der Waals surface area (Å²) in [5.74, 6) is -0.955. The van der Waals surface area contributed by atoms with Crippen LogP contribution in [0.15, 0.2) is 4.52 Å². The third-order valence-corrected chi connectivity index (χ3v) is 4.56. The zero-order chi connectivity index (χ0) is 15.4. The first-order valence-corrected chi connectivity index (χ1v) is 6.82. The SMILES string of the molecule is CC(C)c1noc(CN2C[C@@]3(C(=O)O)C[C@@]3(C(=O)O)C2)n1. The molecule has 0 amide bonds. The predicted molar refractivity (Wildman–Crippen MR) is 68.4 cm³/mol. The van der Waals surface area contributed by atoms with Gasteiger partial charge in [-0.3, -0.25) is 14.5 Å². The average molecular weight is 295 g/mol. The van der Waals surface area contributed by atoms with Crippen molar-refractivity contribution in [3.05, 3.63) is 11.7 Å². The first-order chi connectivity index (χ1) is 9.80. The molecule has 3 rings (SSSR count). The Labute approximate surface area is 120 Å². The summed E-state index contributed by atoms with van der Waals surface area (Å²) in [7, 11) is 0. The van der Waals surface area contributed by atoms with Crippen molar-refractivity contribution in [2.45, 2.75) is 32.7 Å². The molecule has 2 heterocycles. The van der Waals surface area contributed by atoms with E-state index in [0.29, 0.717) is 11.7 Å². The Hall–Kier alpha value is -1.96. The van der Waals surface area contributed by atoms with Gasteiger partial charge in [0.2, 0.25) is 5.89 Å². The number of carbonyl (C=O) groups is 2. The number of carboxylic acids is 2. The van der Waals surface area contributed by atoms with E-state index in [0.717, 1.165) is 0 Å². The molecule has 1 aromatic heterocycles. The molecule has 21 heavy (non-hydrogen) atoms. The lowest BCUT2D eigenvalue weighted by Crippen LogP contribution is -2.28. The van der Waals surface area contributed by atoms with Crippen LogP contribution in [0.5, 0.6) is 0 Å². The minimum Gasteiger partial charge on any atom is -0.481 e. The van der Waals surface area contributed by atoms with Crippen molar-refractivity contribution < 1.29 is 24.3 Å². The highest BCUT2D eigenvalue weighted by molar-refractivity contribution is 5.94. The molecular weight excluding hydrogens is 278 g/mol. The van der Waals surface area contributed by atoms with E-state index in [2.05, 4.69) is 10.1 Å². The van der Waals surface area contributed by atoms with Gasteiger partial charge in [-0.15, -0.1) is 0 Å². The molecule has 2 fully saturated rings. The summed E-state index contributed by atoms with van der Waals surface area (Å²) in [6.07, 6.45) is 0.197. The van der Waals surface area contributed by atoms with Gasteiger partial charge >= 0.3 is 11.9 Å². The van der Waals surface area contributed by atoms with Crippen LogP contribution in [0.4, 0.5) is 0 Å². The molecule has 1 saturated heterocycles. The molecule has 0 spiro atoms. The molecule has 1 aliphatic carbocycles. The minimum absolute atomic E-state index is 0.144. The number of piperidine rings is 1. The van der Waals surface area contributed by atoms with E-state index in [-0.39, 0.29) is 32.0 Å². The molecule has 8 heteroatoms. The van der Waals surface area contributed by atoms with Crippen LogP contribution < -0.4 is 0 Å². The van der Waals surface area contributed by atoms with Gasteiger partial charge in [0.1, 0.15) is 0 Å². The second kappa shape index (κ2) is 4.27. The fourth-order valence-electron chi connectivity index (χ4n) is 3.27. The molecule has 0 radical (unpaired) electrons. The highest BCUT2D eigenvalue weighted by Crippen LogP contribution is 2.68. The number of aromatic nitrogens is 2. The third-order valence-electron chi connectivity index (χ3n) is 4.56. The average Bonchev–Trinajstić information content (AvgIpc) is 2.73. The van der Waals surface area contributed by atoms with E-state index in [1.165, 1.54) is 0 Å². The Morgan fingerprint density at radius 3 is 2.29 bits per heavy atom. The van der Waals surface area contributed by atoms with Gasteiger partial charge in [0.05, 0.1) is 17.4 Å². The fraction of sp³-hybridized carbons (Fsp3) is 0.692. The lowest BCUT2D eigenvalue weighted by molar-refractivity contribution is -0.151. The summed E-state index contributed by atoms with van der Waals surface area (Å²) < 4.78 is 5.13. The first kappa shape index (κ1) is 14.0. The standard InChI is InChI=1S/C13H17N3O5/c1-7(2)9-14-8(21-15-9)3-16-5-12(10(17)18)4-13(12,6-16)11(19)20/h7H,3-6H2,1-2H3,(H,17,18)(H,19,20)/t12-,13+. The highest BCUT2D eigenvalue weighted by atomic mass is 16.5. The van der Waals surface area contributed by atoms with Crippen molar-refractivity contribution in [3.63, 3.8) is 0 Å². The van der Waals surface area contributed by atoms with Gasteiger partial charge in [-0.1, -0.05) is 19.0 Å². The van der Waals surface area contributed by atoms with Crippen LogP contribution in [0.25, 0.3) is 0 Å². The van der Waals surface area contributed by atoms with Crippen molar-refractivity contribution >= 4 is 11.9 Å². The van der Waals surface area contributed by atoms with Gasteiger partial charge in [0, 0.05) is 19.0 Å². The lowest BCUT2D eigenvalue weighted by atomic mass is 9.97. The van der Waals surface area contributed by atoms with E-state index in [9.17, 15) is 19.8 Å². The molecule has 1 aliphatic heterocycles. The highest BCUT2D eigenvalue weighted by Gasteiger charge is 2.80. The van der Waals surface area contributed by atoms with Gasteiger partial charge in [-0.25, -0.2) is 0 Å². The summed E-state index contributed by atoms with van der Waals surface area (Å²) in [5.41, 5.74) is -2.33. The first-order valence-electron chi connectivity index (χ1n) is 6.82. The number of nitrogens with zero attached hydrogens (tertiary/aromatic N) is 3. The molecule has 2 N–H and O–H groups in total. The monoisotopic (exact) mass is 295 g/mol. The topological polar surface area (TPSA) is 117 Å². The molecule has 2 aliphatic rings. The number of hydrogen-bond donors (Lipinski definition) is 2. The Kier molecular flexibility index (Phi) is 2.84. The van der Waals surface area contributed by atoms with Crippen molar-refractivity contribution in [3.8, 4) is 0 Å². The van der Waals surface area contributed by atoms with E-state index in [4.69, 9.17) is 4.52 Å². The summed E-state index contributed by atoms with van der Waals surface area (Å²) in [4.78, 5) is 28.9. The van der Waals surface area contributed by atoms with Crippen LogP contribution in [-0.2, 0) is 16.1 Å². The predicted octanol–water partition coefficient (Wildman–Crippen LogP) is 0.554. The Morgan fingerprint density at radius 1 is 1.29 bits per heavy atom. The third kappa shape index (κ3) is 1.85. The lowest BCUT2D eigenvalue weighted by Gasteiger charge is -2.16. The molecule has 0 aromatic carbocycles. The van der Waals surface area contributed by atoms with Gasteiger partial charge in [0.25, 0.3) is 0 Å². The van der Waals surface area contributed by atoms with E-state index in [1.807, 2.05) is 13.8 Å². The fourth-order valence-corrected chi connectivity index (χ4v) is 3.27. The maximum absolute atomic E-state index is 11.4. The van der Waals surface area contributed by atoms with Crippen molar-refractivity contribution in [2.75, 3.05) is 13.1 Å². The molecule has 8 nitrogen and oxygen atoms in total. The van der Waals surface area contributed by atoms with Crippen LogP contribution in [0.1, 0.15) is 37.9 Å². The van der Waals surface area contributed by atoms with Crippen LogP contribution in [0, 0.1) is 10.8 Å². The van der Waals surface area contributed by atoms with Crippen molar-refractivity contribution in [1.82, 2.24) is 15.0 Å². The summed E-state index contributed by atoms with van der Waals surface area (Å²) >= 11 is 0. The molecule has 0 unspecified atom stereocenters. The zero-order valence-electron chi connectivity index (χ0n) is 11.9. The molecule has 114 valence electrons. The van der Waals surface area contributed by atoms with Gasteiger partial charge < -0.3 is 14.7 Å². The number of hydrogen-bond acceptors (Lipinski definition) is 6. The minimum atomic E-state index is -1.17. The smallest absolute Gasteiger partial charge is 0.312 e. The molecular formula is C13H17N3O5. The van der Waals surface area contributed by atoms with E-state index in [1.54, 1.807) is 4.90 Å². The Balaban J connectivity index is 1.75. The maximum Gasteiger partial charge on any atom is 0.312 e. The van der Waals surface area contributed by atoms with Crippen LogP contribution >= 0.6 is 0 Å². The Morgan fingerprint density at radius 2 is 1.86 bits per heavy atom. The van der Waals surface area contributed by atoms with Crippen molar-refractivity contribution in [1.29, 1.82) is 0 Å². The van der Waals surface area contributed by atoms with Crippen LogP contribution in [0.2, 0.25) is 0 Å². The number of likely N-dealkylation sites (tertiary alicyclic amines) is 1. The van der Waals surface area contributed by atoms with Crippen molar-refractivity contribution in [2.24, 2.45) is 10.8 Å². The number of carboxylic acid groups (broad SMARTS) is 2. The largest absolute Gasteiger partial charge is 0.481 e. The normalized spacial score (nSPS) is 31.4. The van der Waals surface area contributed by atoms with Gasteiger partial charge in [-0.05, 0) is 6.42 Å². The molecule has 1 aromatic rings. The summed E-state index contributed by atoms with van der Waals surface area (Å²) in [5, 5.41) is 22.5. The number of rotatable bonds is 5. The molecule has 2 atom stereocenters. The maximum atomic E-state index is 11.4. The summed E-state index contributed by atoms with van der Waals surface area (Å²) in [6, 6.07) is 0. The second-order valence-electron chi connectivity index (χ2n) is 6.30. The van der Waals surface area contributed by atoms with Crippen LogP contribution in [0.3, 0.4) is 0 Å². The second-order valence-corrected chi connectivity index (χ2v) is 6.30. The molecule has 1 saturated carbocycles. The van der Waals surface area contributed by atoms with E-state index >= 15 is 0 Å².